The van der Waals surface area contributed by atoms with E-state index < -0.39 is 0 Å². The molecule has 2 aromatic heterocycles. The van der Waals surface area contributed by atoms with Gasteiger partial charge in [0.05, 0.1) is 10.7 Å². The summed E-state index contributed by atoms with van der Waals surface area (Å²) in [6.07, 6.45) is 3.43. The SMILES string of the molecule is Cc1nc(C(=O)N2CCCN(Cc3cc(C4CC4)on3)CC2)cs1. The highest BCUT2D eigenvalue weighted by Crippen LogP contribution is 2.40. The number of aryl methyl sites for hydroxylation is 1. The quantitative estimate of drug-likeness (QED) is 0.852. The summed E-state index contributed by atoms with van der Waals surface area (Å²) >= 11 is 1.53. The summed E-state index contributed by atoms with van der Waals surface area (Å²) < 4.78 is 5.43. The third-order valence-corrected chi connectivity index (χ3v) is 5.43. The van der Waals surface area contributed by atoms with Crippen molar-refractivity contribution in [1.29, 1.82) is 0 Å². The lowest BCUT2D eigenvalue weighted by Gasteiger charge is -2.20. The van der Waals surface area contributed by atoms with Gasteiger partial charge >= 0.3 is 0 Å². The summed E-state index contributed by atoms with van der Waals surface area (Å²) in [4.78, 5) is 21.1. The summed E-state index contributed by atoms with van der Waals surface area (Å²) in [5.41, 5.74) is 1.59. The van der Waals surface area contributed by atoms with Gasteiger partial charge < -0.3 is 9.42 Å². The lowest BCUT2D eigenvalue weighted by atomic mass is 10.2. The van der Waals surface area contributed by atoms with Gasteiger partial charge in [-0.2, -0.15) is 0 Å². The first-order valence-corrected chi connectivity index (χ1v) is 9.46. The fourth-order valence-corrected chi connectivity index (χ4v) is 3.73. The monoisotopic (exact) mass is 346 g/mol. The molecule has 2 aromatic rings. The Labute approximate surface area is 145 Å². The zero-order valence-electron chi connectivity index (χ0n) is 13.9. The van der Waals surface area contributed by atoms with Crippen molar-refractivity contribution >= 4 is 17.2 Å². The van der Waals surface area contributed by atoms with Gasteiger partial charge in [0.1, 0.15) is 11.5 Å². The van der Waals surface area contributed by atoms with E-state index in [0.717, 1.165) is 55.6 Å². The Bertz CT molecular complexity index is 722. The van der Waals surface area contributed by atoms with Gasteiger partial charge in [-0.15, -0.1) is 11.3 Å². The van der Waals surface area contributed by atoms with Crippen LogP contribution in [0.2, 0.25) is 0 Å². The largest absolute Gasteiger partial charge is 0.361 e. The number of hydrogen-bond donors (Lipinski definition) is 0. The van der Waals surface area contributed by atoms with Crippen LogP contribution in [-0.4, -0.2) is 52.0 Å². The Kier molecular flexibility index (Phi) is 4.37. The molecule has 7 heteroatoms. The number of nitrogens with zero attached hydrogens (tertiary/aromatic N) is 4. The van der Waals surface area contributed by atoms with Gasteiger partial charge in [-0.05, 0) is 26.2 Å². The first-order valence-electron chi connectivity index (χ1n) is 8.58. The molecular weight excluding hydrogens is 324 g/mol. The fourth-order valence-electron chi connectivity index (χ4n) is 3.15. The maximum absolute atomic E-state index is 12.5. The molecule has 0 atom stereocenters. The number of amides is 1. The number of rotatable bonds is 4. The molecular formula is C17H22N4O2S. The van der Waals surface area contributed by atoms with Gasteiger partial charge in [0.15, 0.2) is 0 Å². The molecule has 0 radical (unpaired) electrons. The molecule has 0 spiro atoms. The third kappa shape index (κ3) is 3.52. The molecule has 2 fully saturated rings. The van der Waals surface area contributed by atoms with Gasteiger partial charge in [0, 0.05) is 50.1 Å². The van der Waals surface area contributed by atoms with Crippen molar-refractivity contribution in [3.8, 4) is 0 Å². The standard InChI is InChI=1S/C17H22N4O2S/c1-12-18-15(11-24-12)17(22)21-6-2-5-20(7-8-21)10-14-9-16(23-19-14)13-3-4-13/h9,11,13H,2-8,10H2,1H3. The van der Waals surface area contributed by atoms with E-state index in [0.29, 0.717) is 11.6 Å². The van der Waals surface area contributed by atoms with Crippen LogP contribution in [0, 0.1) is 6.92 Å². The van der Waals surface area contributed by atoms with Crippen molar-refractivity contribution in [3.05, 3.63) is 33.6 Å². The van der Waals surface area contributed by atoms with Gasteiger partial charge in [-0.1, -0.05) is 5.16 Å². The minimum absolute atomic E-state index is 0.0543. The van der Waals surface area contributed by atoms with Gasteiger partial charge in [-0.3, -0.25) is 9.69 Å². The molecule has 3 heterocycles. The number of hydrogen-bond acceptors (Lipinski definition) is 6. The molecule has 1 aliphatic carbocycles. The van der Waals surface area contributed by atoms with Crippen LogP contribution in [0.25, 0.3) is 0 Å². The summed E-state index contributed by atoms with van der Waals surface area (Å²) in [5, 5.41) is 6.99. The first kappa shape index (κ1) is 15.8. The molecule has 24 heavy (non-hydrogen) atoms. The highest BCUT2D eigenvalue weighted by Gasteiger charge is 2.28. The zero-order valence-corrected chi connectivity index (χ0v) is 14.7. The number of thiazole rings is 1. The van der Waals surface area contributed by atoms with Crippen molar-refractivity contribution in [2.45, 2.75) is 38.6 Å². The molecule has 128 valence electrons. The number of carbonyl (C=O) groups is 1. The molecule has 4 rings (SSSR count). The van der Waals surface area contributed by atoms with Crippen LogP contribution in [0.4, 0.5) is 0 Å². The molecule has 0 bridgehead atoms. The van der Waals surface area contributed by atoms with Crippen molar-refractivity contribution in [2.24, 2.45) is 0 Å². The second kappa shape index (κ2) is 6.64. The van der Waals surface area contributed by atoms with Crippen molar-refractivity contribution < 1.29 is 9.32 Å². The van der Waals surface area contributed by atoms with Crippen molar-refractivity contribution in [2.75, 3.05) is 26.2 Å². The summed E-state index contributed by atoms with van der Waals surface area (Å²) in [5.74, 6) is 1.69. The Morgan fingerprint density at radius 1 is 1.33 bits per heavy atom. The van der Waals surface area contributed by atoms with Gasteiger partial charge in [0.2, 0.25) is 0 Å². The van der Waals surface area contributed by atoms with Crippen LogP contribution in [0.3, 0.4) is 0 Å². The molecule has 1 saturated heterocycles. The molecule has 0 aromatic carbocycles. The second-order valence-electron chi connectivity index (χ2n) is 6.67. The van der Waals surface area contributed by atoms with E-state index in [1.807, 2.05) is 17.2 Å². The van der Waals surface area contributed by atoms with Crippen LogP contribution in [-0.2, 0) is 6.54 Å². The molecule has 1 amide bonds. The Morgan fingerprint density at radius 3 is 2.96 bits per heavy atom. The minimum atomic E-state index is 0.0543. The van der Waals surface area contributed by atoms with Crippen LogP contribution in [0.1, 0.15) is 52.1 Å². The average Bonchev–Trinajstić information content (AvgIpc) is 3.24. The fraction of sp³-hybridized carbons (Fsp3) is 0.588. The van der Waals surface area contributed by atoms with E-state index in [-0.39, 0.29) is 5.91 Å². The Hall–Kier alpha value is -1.73. The summed E-state index contributed by atoms with van der Waals surface area (Å²) in [6.45, 7) is 6.10. The Morgan fingerprint density at radius 2 is 2.21 bits per heavy atom. The van der Waals surface area contributed by atoms with Crippen LogP contribution >= 0.6 is 11.3 Å². The molecule has 1 saturated carbocycles. The Balaban J connectivity index is 1.34. The maximum atomic E-state index is 12.5. The highest BCUT2D eigenvalue weighted by atomic mass is 32.1. The maximum Gasteiger partial charge on any atom is 0.273 e. The second-order valence-corrected chi connectivity index (χ2v) is 7.73. The first-order chi connectivity index (χ1) is 11.7. The van der Waals surface area contributed by atoms with E-state index >= 15 is 0 Å². The van der Waals surface area contributed by atoms with Crippen LogP contribution in [0.5, 0.6) is 0 Å². The zero-order chi connectivity index (χ0) is 16.5. The topological polar surface area (TPSA) is 62.5 Å². The third-order valence-electron chi connectivity index (χ3n) is 4.66. The minimum Gasteiger partial charge on any atom is -0.361 e. The van der Waals surface area contributed by atoms with Crippen molar-refractivity contribution in [3.63, 3.8) is 0 Å². The van der Waals surface area contributed by atoms with Gasteiger partial charge in [0.25, 0.3) is 5.91 Å². The normalized spacial score (nSPS) is 19.5. The highest BCUT2D eigenvalue weighted by molar-refractivity contribution is 7.09. The van der Waals surface area contributed by atoms with E-state index in [2.05, 4.69) is 21.1 Å². The van der Waals surface area contributed by atoms with Gasteiger partial charge in [-0.25, -0.2) is 4.98 Å². The summed E-state index contributed by atoms with van der Waals surface area (Å²) in [7, 11) is 0. The predicted octanol–water partition coefficient (Wildman–Crippen LogP) is 2.67. The van der Waals surface area contributed by atoms with E-state index in [1.165, 1.54) is 24.2 Å². The van der Waals surface area contributed by atoms with E-state index in [1.54, 1.807) is 0 Å². The van der Waals surface area contributed by atoms with Crippen LogP contribution in [0.15, 0.2) is 16.0 Å². The average molecular weight is 346 g/mol. The van der Waals surface area contributed by atoms with E-state index in [9.17, 15) is 4.79 Å². The molecule has 1 aliphatic heterocycles. The lowest BCUT2D eigenvalue weighted by molar-refractivity contribution is 0.0755. The lowest BCUT2D eigenvalue weighted by Crippen LogP contribution is -2.35. The number of carbonyl (C=O) groups excluding carboxylic acids is 1. The van der Waals surface area contributed by atoms with Crippen molar-refractivity contribution in [1.82, 2.24) is 19.9 Å². The summed E-state index contributed by atoms with van der Waals surface area (Å²) in [6, 6.07) is 2.10. The molecule has 0 unspecified atom stereocenters. The van der Waals surface area contributed by atoms with E-state index in [4.69, 9.17) is 4.52 Å². The smallest absolute Gasteiger partial charge is 0.273 e. The molecule has 2 aliphatic rings. The predicted molar refractivity (Wildman–Crippen MR) is 91.1 cm³/mol. The molecule has 0 N–H and O–H groups in total. The van der Waals surface area contributed by atoms with Crippen LogP contribution < -0.4 is 0 Å². The number of aromatic nitrogens is 2. The molecule has 6 nitrogen and oxygen atoms in total.